The molecule has 7 aromatic rings. The number of benzene rings is 1. The summed E-state index contributed by atoms with van der Waals surface area (Å²) in [5.41, 5.74) is 7.21. The fraction of sp³-hybridized carbons (Fsp3) is 0.208. The highest BCUT2D eigenvalue weighted by Crippen LogP contribution is 2.55. The van der Waals surface area contributed by atoms with Crippen molar-refractivity contribution in [1.29, 1.82) is 0 Å². The topological polar surface area (TPSA) is 249 Å². The lowest BCUT2D eigenvalue weighted by molar-refractivity contribution is 0.551. The number of aromatic nitrogens is 15. The van der Waals surface area contributed by atoms with Crippen LogP contribution in [0.1, 0.15) is 24.2 Å². The summed E-state index contributed by atoms with van der Waals surface area (Å²) in [5, 5.41) is 60.5. The van der Waals surface area contributed by atoms with Gasteiger partial charge in [0.15, 0.2) is 0 Å². The van der Waals surface area contributed by atoms with Crippen molar-refractivity contribution in [1.82, 2.24) is 76.2 Å². The van der Waals surface area contributed by atoms with Gasteiger partial charge in [0.2, 0.25) is 5.82 Å². The smallest absolute Gasteiger partial charge is 0.206 e. The van der Waals surface area contributed by atoms with Crippen molar-refractivity contribution >= 4 is 22.9 Å². The summed E-state index contributed by atoms with van der Waals surface area (Å²) in [4.78, 5) is 8.05. The second kappa shape index (κ2) is 9.83. The number of nitrogens with zero attached hydrogens (tertiary/aromatic N) is 14. The number of tetrazole rings is 1. The minimum absolute atomic E-state index is 0.348. The molecule has 20 heteroatoms. The zero-order chi connectivity index (χ0) is 29.0. The molecule has 0 saturated carbocycles. The van der Waals surface area contributed by atoms with Crippen LogP contribution >= 0.6 is 11.9 Å². The minimum atomic E-state index is -0.357. The Kier molecular flexibility index (Phi) is 5.51. The number of rotatable bonds is 7. The van der Waals surface area contributed by atoms with E-state index in [1.807, 2.05) is 6.07 Å². The Bertz CT molecular complexity index is 2120. The normalized spacial score (nSPS) is 17.9. The van der Waals surface area contributed by atoms with E-state index in [4.69, 9.17) is 10.1 Å². The zero-order valence-electron chi connectivity index (χ0n) is 22.4. The molecule has 5 N–H and O–H groups in total. The van der Waals surface area contributed by atoms with Crippen molar-refractivity contribution in [3.05, 3.63) is 42.6 Å². The maximum atomic E-state index is 4.74. The molecule has 216 valence electrons. The van der Waals surface area contributed by atoms with Crippen LogP contribution in [0.15, 0.2) is 56.9 Å². The predicted octanol–water partition coefficient (Wildman–Crippen LogP) is 3.68. The number of hydrogen-bond acceptors (Lipinski definition) is 14. The van der Waals surface area contributed by atoms with Crippen molar-refractivity contribution in [2.45, 2.75) is 18.6 Å². The highest BCUT2D eigenvalue weighted by atomic mass is 32.2. The number of fused-ring (bicyclic) bond motifs is 1. The van der Waals surface area contributed by atoms with E-state index >= 15 is 0 Å². The molecule has 0 amide bonds. The van der Waals surface area contributed by atoms with Crippen molar-refractivity contribution in [3.8, 4) is 56.7 Å². The van der Waals surface area contributed by atoms with E-state index in [2.05, 4.69) is 85.9 Å². The largest absolute Gasteiger partial charge is 0.345 e. The van der Waals surface area contributed by atoms with Crippen LogP contribution in [0.25, 0.3) is 67.6 Å². The fourth-order valence-corrected chi connectivity index (χ4v) is 6.72. The summed E-state index contributed by atoms with van der Waals surface area (Å²) < 4.78 is 6.49. The van der Waals surface area contributed by atoms with Gasteiger partial charge < -0.3 is 9.55 Å². The molecular formula is C24H19N19S. The molecule has 2 unspecified atom stereocenters. The molecule has 6 aromatic heterocycles. The van der Waals surface area contributed by atoms with Gasteiger partial charge in [-0.15, -0.1) is 14.7 Å². The lowest BCUT2D eigenvalue weighted by Gasteiger charge is -2.23. The molecule has 2 atom stereocenters. The van der Waals surface area contributed by atoms with E-state index in [1.54, 1.807) is 31.0 Å². The van der Waals surface area contributed by atoms with E-state index in [1.165, 1.54) is 11.9 Å². The van der Waals surface area contributed by atoms with Crippen LogP contribution in [0.3, 0.4) is 0 Å². The van der Waals surface area contributed by atoms with Gasteiger partial charge in [-0.05, 0) is 23.2 Å². The standard InChI is InChI=1S/C24H19N19S/c1-3-27-31-10(1)15-17(13-9-44-42-34-13)22-18(20(23-25-5-6-26-23)19(15)24-36-40-41-37-24)16(11-7-29-38-32-11)21(12-8-30-39-33-12)43(22)14-2-4-28-35-14/h1,3,5-8,13-14H,2,4,9H2,(H,25,26)(H,27,31)(H,29,32,38)(H,30,33,39)(H,36,37,40,41). The number of hydrogen-bond donors (Lipinski definition) is 5. The van der Waals surface area contributed by atoms with Gasteiger partial charge in [-0.3, -0.25) is 5.10 Å². The molecule has 8 heterocycles. The van der Waals surface area contributed by atoms with Gasteiger partial charge in [0, 0.05) is 64.0 Å². The van der Waals surface area contributed by atoms with Gasteiger partial charge in [0.1, 0.15) is 29.4 Å². The summed E-state index contributed by atoms with van der Waals surface area (Å²) in [6.45, 7) is 0.579. The van der Waals surface area contributed by atoms with E-state index in [-0.39, 0.29) is 12.2 Å². The van der Waals surface area contributed by atoms with Gasteiger partial charge in [-0.25, -0.2) is 4.98 Å². The van der Waals surface area contributed by atoms with Crippen LogP contribution in [-0.4, -0.2) is 88.5 Å². The van der Waals surface area contributed by atoms with E-state index in [9.17, 15) is 0 Å². The monoisotopic (exact) mass is 605 g/mol. The van der Waals surface area contributed by atoms with Crippen LogP contribution in [0.5, 0.6) is 0 Å². The number of nitrogens with one attached hydrogen (secondary N) is 5. The number of aromatic amines is 5. The highest BCUT2D eigenvalue weighted by Gasteiger charge is 2.39. The molecule has 19 nitrogen and oxygen atoms in total. The van der Waals surface area contributed by atoms with E-state index in [0.29, 0.717) is 52.9 Å². The lowest BCUT2D eigenvalue weighted by atomic mass is 9.85. The van der Waals surface area contributed by atoms with Crippen molar-refractivity contribution in [2.75, 3.05) is 12.3 Å². The molecule has 0 saturated heterocycles. The maximum Gasteiger partial charge on any atom is 0.206 e. The second-order valence-corrected chi connectivity index (χ2v) is 10.7. The van der Waals surface area contributed by atoms with E-state index in [0.717, 1.165) is 39.0 Å². The third-order valence-electron chi connectivity index (χ3n) is 7.69. The number of imidazole rings is 1. The number of azo groups is 1. The molecule has 2 aliphatic rings. The summed E-state index contributed by atoms with van der Waals surface area (Å²) in [5.74, 6) is 1.54. The first kappa shape index (κ1) is 24.7. The first-order chi connectivity index (χ1) is 21.9. The van der Waals surface area contributed by atoms with Gasteiger partial charge in [0.25, 0.3) is 0 Å². The number of H-pyrrole nitrogens is 5. The molecule has 0 aliphatic carbocycles. The van der Waals surface area contributed by atoms with E-state index < -0.39 is 0 Å². The lowest BCUT2D eigenvalue weighted by Crippen LogP contribution is -2.11. The zero-order valence-corrected chi connectivity index (χ0v) is 23.2. The Morgan fingerprint density at radius 1 is 0.886 bits per heavy atom. The first-order valence-electron chi connectivity index (χ1n) is 13.5. The Hall–Kier alpha value is -5.92. The SMILES string of the molecule is c1cc(-c2c(-c3nn[nH]n3)c(-c3ncc[nH]3)c3c(-c4cn[nH]n4)c(-c4cn[nH]n4)n(C4CCN=N4)c3c2C2CSN=N2)[nH]n1. The molecule has 1 aromatic carbocycles. The van der Waals surface area contributed by atoms with Crippen LogP contribution in [0.4, 0.5) is 0 Å². The predicted molar refractivity (Wildman–Crippen MR) is 154 cm³/mol. The van der Waals surface area contributed by atoms with Crippen LogP contribution in [-0.2, 0) is 0 Å². The summed E-state index contributed by atoms with van der Waals surface area (Å²) >= 11 is 1.40. The van der Waals surface area contributed by atoms with Gasteiger partial charge in [-0.1, -0.05) is 0 Å². The second-order valence-electron chi connectivity index (χ2n) is 9.97. The van der Waals surface area contributed by atoms with Crippen molar-refractivity contribution in [3.63, 3.8) is 0 Å². The Balaban J connectivity index is 1.61. The quantitative estimate of drug-likeness (QED) is 0.165. The van der Waals surface area contributed by atoms with Crippen molar-refractivity contribution < 1.29 is 0 Å². The summed E-state index contributed by atoms with van der Waals surface area (Å²) in [6, 6.07) is 1.55. The maximum absolute atomic E-state index is 4.74. The molecule has 9 rings (SSSR count). The molecule has 0 radical (unpaired) electrons. The summed E-state index contributed by atoms with van der Waals surface area (Å²) in [7, 11) is 0. The van der Waals surface area contributed by atoms with Crippen LogP contribution in [0.2, 0.25) is 0 Å². The Morgan fingerprint density at radius 3 is 2.45 bits per heavy atom. The molecule has 2 aliphatic heterocycles. The fourth-order valence-electron chi connectivity index (χ4n) is 6.10. The first-order valence-corrected chi connectivity index (χ1v) is 14.4. The Morgan fingerprint density at radius 2 is 1.80 bits per heavy atom. The molecule has 0 spiro atoms. The highest BCUT2D eigenvalue weighted by molar-refractivity contribution is 7.98. The van der Waals surface area contributed by atoms with Crippen molar-refractivity contribution in [2.24, 2.45) is 19.9 Å². The minimum Gasteiger partial charge on any atom is -0.345 e. The molecular weight excluding hydrogens is 586 g/mol. The molecule has 0 bridgehead atoms. The molecule has 0 fully saturated rings. The van der Waals surface area contributed by atoms with Crippen LogP contribution in [0, 0.1) is 0 Å². The third-order valence-corrected chi connectivity index (χ3v) is 8.37. The van der Waals surface area contributed by atoms with Gasteiger partial charge in [-0.2, -0.15) is 56.5 Å². The molecule has 44 heavy (non-hydrogen) atoms. The average molecular weight is 606 g/mol. The van der Waals surface area contributed by atoms with Crippen LogP contribution < -0.4 is 0 Å². The Labute approximate surface area is 249 Å². The van der Waals surface area contributed by atoms with Gasteiger partial charge >= 0.3 is 0 Å². The third kappa shape index (κ3) is 3.60. The van der Waals surface area contributed by atoms with Gasteiger partial charge in [0.05, 0.1) is 35.8 Å². The summed E-state index contributed by atoms with van der Waals surface area (Å²) in [6.07, 6.45) is 8.83. The average Bonchev–Trinajstić information content (AvgIpc) is 3.92.